The molecule has 0 radical (unpaired) electrons. The number of hydrogen-bond donors (Lipinski definition) is 3. The van der Waals surface area contributed by atoms with Crippen LogP contribution in [0, 0.1) is 17.3 Å². The molecule has 3 aliphatic rings. The number of rotatable bonds is 1. The van der Waals surface area contributed by atoms with Crippen LogP contribution in [0.1, 0.15) is 33.1 Å². The Morgan fingerprint density at radius 1 is 1.26 bits per heavy atom. The normalized spacial score (nSPS) is 50.1. The monoisotopic (exact) mass is 268 g/mol. The number of hydrogen-bond acceptors (Lipinski definition) is 4. The SMILES string of the molecule is C[C@H]1C[C@@H](O)C[C@@H]2C[C@H](O)C3=C(CO)CO[C@H]3[C@@]21C. The van der Waals surface area contributed by atoms with E-state index in [-0.39, 0.29) is 30.1 Å². The molecule has 0 spiro atoms. The first-order valence-corrected chi connectivity index (χ1v) is 7.28. The maximum absolute atomic E-state index is 10.4. The molecule has 0 aromatic carbocycles. The second-order valence-electron chi connectivity index (χ2n) is 6.75. The molecule has 1 heterocycles. The highest BCUT2D eigenvalue weighted by Crippen LogP contribution is 2.57. The summed E-state index contributed by atoms with van der Waals surface area (Å²) in [6, 6.07) is 0. The minimum atomic E-state index is -0.523. The molecule has 3 rings (SSSR count). The van der Waals surface area contributed by atoms with Crippen LogP contribution in [-0.4, -0.2) is 46.8 Å². The molecular weight excluding hydrogens is 244 g/mol. The summed E-state index contributed by atoms with van der Waals surface area (Å²) < 4.78 is 5.93. The highest BCUT2D eigenvalue weighted by Gasteiger charge is 2.57. The number of ether oxygens (including phenoxy) is 1. The zero-order valence-electron chi connectivity index (χ0n) is 11.7. The molecule has 1 aliphatic heterocycles. The molecule has 0 unspecified atom stereocenters. The van der Waals surface area contributed by atoms with E-state index in [0.717, 1.165) is 24.0 Å². The number of aliphatic hydroxyl groups is 3. The Kier molecular flexibility index (Phi) is 3.25. The van der Waals surface area contributed by atoms with Crippen molar-refractivity contribution in [1.82, 2.24) is 0 Å². The van der Waals surface area contributed by atoms with Gasteiger partial charge in [-0.25, -0.2) is 0 Å². The van der Waals surface area contributed by atoms with Gasteiger partial charge in [0.05, 0.1) is 31.5 Å². The van der Waals surface area contributed by atoms with Gasteiger partial charge in [0.15, 0.2) is 0 Å². The molecule has 108 valence electrons. The van der Waals surface area contributed by atoms with Crippen LogP contribution < -0.4 is 0 Å². The smallest absolute Gasteiger partial charge is 0.0877 e. The Bertz CT molecular complexity index is 405. The molecule has 0 aromatic rings. The zero-order valence-corrected chi connectivity index (χ0v) is 11.7. The van der Waals surface area contributed by atoms with E-state index >= 15 is 0 Å². The zero-order chi connectivity index (χ0) is 13.8. The van der Waals surface area contributed by atoms with Crippen LogP contribution in [0.15, 0.2) is 11.1 Å². The summed E-state index contributed by atoms with van der Waals surface area (Å²) in [5.41, 5.74) is 1.74. The van der Waals surface area contributed by atoms with Gasteiger partial charge in [-0.15, -0.1) is 0 Å². The Labute approximate surface area is 114 Å². The molecule has 4 nitrogen and oxygen atoms in total. The molecule has 2 fully saturated rings. The third kappa shape index (κ3) is 1.81. The summed E-state index contributed by atoms with van der Waals surface area (Å²) in [6.07, 6.45) is 1.35. The minimum absolute atomic E-state index is 0.0271. The highest BCUT2D eigenvalue weighted by molar-refractivity contribution is 5.33. The van der Waals surface area contributed by atoms with Crippen LogP contribution in [-0.2, 0) is 4.74 Å². The van der Waals surface area contributed by atoms with Gasteiger partial charge in [-0.1, -0.05) is 13.8 Å². The number of fused-ring (bicyclic) bond motifs is 3. The summed E-state index contributed by atoms with van der Waals surface area (Å²) >= 11 is 0. The summed E-state index contributed by atoms with van der Waals surface area (Å²) in [7, 11) is 0. The van der Waals surface area contributed by atoms with Gasteiger partial charge in [-0.05, 0) is 42.2 Å². The third-order valence-corrected chi connectivity index (χ3v) is 5.86. The van der Waals surface area contributed by atoms with Crippen LogP contribution in [0.2, 0.25) is 0 Å². The van der Waals surface area contributed by atoms with Gasteiger partial charge in [-0.3, -0.25) is 0 Å². The Morgan fingerprint density at radius 2 is 2.00 bits per heavy atom. The minimum Gasteiger partial charge on any atom is -0.393 e. The van der Waals surface area contributed by atoms with Crippen molar-refractivity contribution in [2.75, 3.05) is 13.2 Å². The predicted molar refractivity (Wildman–Crippen MR) is 70.5 cm³/mol. The van der Waals surface area contributed by atoms with Crippen molar-refractivity contribution < 1.29 is 20.1 Å². The standard InChI is InChI=1S/C15H24O4/c1-8-3-11(17)4-10-5-12(18)13-9(6-16)7-19-14(13)15(8,10)2/h8,10-12,14,16-18H,3-7H2,1-2H3/t8-,10+,11+,12-,14+,15+/m0/s1. The van der Waals surface area contributed by atoms with Gasteiger partial charge in [-0.2, -0.15) is 0 Å². The maximum atomic E-state index is 10.4. The average Bonchev–Trinajstić information content (AvgIpc) is 2.78. The van der Waals surface area contributed by atoms with Gasteiger partial charge in [0.25, 0.3) is 0 Å². The molecule has 0 aromatic heterocycles. The fourth-order valence-electron chi connectivity index (χ4n) is 4.57. The molecule has 6 atom stereocenters. The van der Waals surface area contributed by atoms with Crippen molar-refractivity contribution in [3.8, 4) is 0 Å². The molecule has 19 heavy (non-hydrogen) atoms. The van der Waals surface area contributed by atoms with Crippen LogP contribution in [0.4, 0.5) is 0 Å². The van der Waals surface area contributed by atoms with Crippen LogP contribution in [0.3, 0.4) is 0 Å². The summed E-state index contributed by atoms with van der Waals surface area (Å²) in [6.45, 7) is 4.81. The Hall–Kier alpha value is -0.420. The van der Waals surface area contributed by atoms with Gasteiger partial charge >= 0.3 is 0 Å². The largest absolute Gasteiger partial charge is 0.393 e. The van der Waals surface area contributed by atoms with Crippen molar-refractivity contribution in [1.29, 1.82) is 0 Å². The molecule has 2 saturated carbocycles. The highest BCUT2D eigenvalue weighted by atomic mass is 16.5. The van der Waals surface area contributed by atoms with Crippen molar-refractivity contribution in [3.63, 3.8) is 0 Å². The number of aliphatic hydroxyl groups excluding tert-OH is 3. The van der Waals surface area contributed by atoms with Crippen molar-refractivity contribution in [2.24, 2.45) is 17.3 Å². The molecule has 2 aliphatic carbocycles. The molecule has 3 N–H and O–H groups in total. The summed E-state index contributed by atoms with van der Waals surface area (Å²) in [5, 5.41) is 29.8. The van der Waals surface area contributed by atoms with Crippen molar-refractivity contribution >= 4 is 0 Å². The second-order valence-corrected chi connectivity index (χ2v) is 6.75. The Morgan fingerprint density at radius 3 is 2.68 bits per heavy atom. The van der Waals surface area contributed by atoms with E-state index in [1.807, 2.05) is 0 Å². The topological polar surface area (TPSA) is 69.9 Å². The average molecular weight is 268 g/mol. The van der Waals surface area contributed by atoms with E-state index in [0.29, 0.717) is 18.9 Å². The summed E-state index contributed by atoms with van der Waals surface area (Å²) in [5.74, 6) is 0.639. The third-order valence-electron chi connectivity index (χ3n) is 5.86. The van der Waals surface area contributed by atoms with E-state index in [1.165, 1.54) is 0 Å². The lowest BCUT2D eigenvalue weighted by Gasteiger charge is -2.55. The van der Waals surface area contributed by atoms with E-state index in [2.05, 4.69) is 13.8 Å². The second kappa shape index (κ2) is 4.55. The van der Waals surface area contributed by atoms with Gasteiger partial charge in [0, 0.05) is 5.41 Å². The molecule has 0 bridgehead atoms. The molecular formula is C15H24O4. The van der Waals surface area contributed by atoms with Crippen LogP contribution >= 0.6 is 0 Å². The molecule has 0 amide bonds. The lowest BCUT2D eigenvalue weighted by Crippen LogP contribution is -2.55. The van der Waals surface area contributed by atoms with E-state index in [1.54, 1.807) is 0 Å². The van der Waals surface area contributed by atoms with E-state index in [9.17, 15) is 15.3 Å². The Balaban J connectivity index is 2.00. The summed E-state index contributed by atoms with van der Waals surface area (Å²) in [4.78, 5) is 0. The van der Waals surface area contributed by atoms with Gasteiger partial charge < -0.3 is 20.1 Å². The first-order valence-electron chi connectivity index (χ1n) is 7.28. The van der Waals surface area contributed by atoms with Gasteiger partial charge in [0.1, 0.15) is 0 Å². The van der Waals surface area contributed by atoms with Crippen molar-refractivity contribution in [2.45, 2.75) is 51.4 Å². The lowest BCUT2D eigenvalue weighted by molar-refractivity contribution is -0.131. The van der Waals surface area contributed by atoms with E-state index < -0.39 is 6.10 Å². The first-order chi connectivity index (χ1) is 8.98. The first kappa shape index (κ1) is 13.6. The van der Waals surface area contributed by atoms with Crippen LogP contribution in [0.5, 0.6) is 0 Å². The molecule has 4 heteroatoms. The predicted octanol–water partition coefficient (Wildman–Crippen LogP) is 0.852. The fraction of sp³-hybridized carbons (Fsp3) is 0.867. The van der Waals surface area contributed by atoms with Crippen LogP contribution in [0.25, 0.3) is 0 Å². The quantitative estimate of drug-likeness (QED) is 0.617. The fourth-order valence-corrected chi connectivity index (χ4v) is 4.57. The molecule has 0 saturated heterocycles. The maximum Gasteiger partial charge on any atom is 0.0877 e. The lowest BCUT2D eigenvalue weighted by atomic mass is 9.52. The van der Waals surface area contributed by atoms with E-state index in [4.69, 9.17) is 4.74 Å². The van der Waals surface area contributed by atoms with Crippen molar-refractivity contribution in [3.05, 3.63) is 11.1 Å². The van der Waals surface area contributed by atoms with Gasteiger partial charge in [0.2, 0.25) is 0 Å².